The minimum atomic E-state index is -0.0667. The molecule has 4 rings (SSSR count). The van der Waals surface area contributed by atoms with Gasteiger partial charge in [0.25, 0.3) is 5.91 Å². The Kier molecular flexibility index (Phi) is 5.39. The molecule has 0 bridgehead atoms. The smallest absolute Gasteiger partial charge is 0.251 e. The zero-order chi connectivity index (χ0) is 19.3. The molecule has 1 fully saturated rings. The molecule has 6 nitrogen and oxygen atoms in total. The monoisotopic (exact) mass is 377 g/mol. The van der Waals surface area contributed by atoms with Crippen LogP contribution < -0.4 is 10.1 Å². The molecule has 1 aromatic heterocycles. The number of carbonyl (C=O) groups excluding carboxylic acids is 1. The third-order valence-electron chi connectivity index (χ3n) is 4.86. The molecule has 28 heavy (non-hydrogen) atoms. The normalized spacial score (nSPS) is 16.1. The van der Waals surface area contributed by atoms with E-state index in [-0.39, 0.29) is 11.9 Å². The van der Waals surface area contributed by atoms with Crippen LogP contribution >= 0.6 is 0 Å². The lowest BCUT2D eigenvalue weighted by molar-refractivity contribution is 0.0930. The van der Waals surface area contributed by atoms with Gasteiger partial charge in [-0.1, -0.05) is 24.3 Å². The lowest BCUT2D eigenvalue weighted by Crippen LogP contribution is -2.34. The summed E-state index contributed by atoms with van der Waals surface area (Å²) in [6.45, 7) is 1.97. The third-order valence-corrected chi connectivity index (χ3v) is 4.86. The van der Waals surface area contributed by atoms with Crippen LogP contribution in [0.25, 0.3) is 11.1 Å². The number of nitrogens with one attached hydrogen (secondary N) is 1. The molecule has 3 aromatic rings. The van der Waals surface area contributed by atoms with Crippen LogP contribution in [-0.2, 0) is 11.3 Å². The van der Waals surface area contributed by atoms with Gasteiger partial charge < -0.3 is 14.8 Å². The fraction of sp³-hybridized carbons (Fsp3) is 0.273. The van der Waals surface area contributed by atoms with Gasteiger partial charge in [-0.2, -0.15) is 5.10 Å². The lowest BCUT2D eigenvalue weighted by Gasteiger charge is -2.11. The Morgan fingerprint density at radius 2 is 2.11 bits per heavy atom. The average Bonchev–Trinajstić information content (AvgIpc) is 3.41. The molecule has 1 aliphatic rings. The number of ether oxygens (including phenoxy) is 2. The summed E-state index contributed by atoms with van der Waals surface area (Å²) in [5.41, 5.74) is 3.73. The van der Waals surface area contributed by atoms with Gasteiger partial charge in [-0.05, 0) is 41.8 Å². The van der Waals surface area contributed by atoms with Crippen molar-refractivity contribution in [2.75, 3.05) is 20.3 Å². The van der Waals surface area contributed by atoms with E-state index in [1.165, 1.54) is 0 Å². The van der Waals surface area contributed by atoms with Crippen molar-refractivity contribution < 1.29 is 14.3 Å². The average molecular weight is 377 g/mol. The lowest BCUT2D eigenvalue weighted by atomic mass is 10.1. The van der Waals surface area contributed by atoms with Gasteiger partial charge in [0.05, 0.1) is 32.5 Å². The predicted octanol–water partition coefficient (Wildman–Crippen LogP) is 3.13. The van der Waals surface area contributed by atoms with Crippen molar-refractivity contribution in [2.24, 2.45) is 0 Å². The second-order valence-corrected chi connectivity index (χ2v) is 6.89. The van der Waals surface area contributed by atoms with E-state index in [0.29, 0.717) is 25.3 Å². The summed E-state index contributed by atoms with van der Waals surface area (Å²) in [4.78, 5) is 12.5. The molecule has 2 heterocycles. The van der Waals surface area contributed by atoms with E-state index in [9.17, 15) is 4.79 Å². The summed E-state index contributed by atoms with van der Waals surface area (Å²) < 4.78 is 12.4. The summed E-state index contributed by atoms with van der Waals surface area (Å²) in [5.74, 6) is 0.770. The first-order valence-corrected chi connectivity index (χ1v) is 9.36. The summed E-state index contributed by atoms with van der Waals surface area (Å²) in [6, 6.07) is 15.7. The van der Waals surface area contributed by atoms with Crippen LogP contribution in [0.2, 0.25) is 0 Å². The molecule has 1 atom stereocenters. The van der Waals surface area contributed by atoms with Crippen molar-refractivity contribution in [3.63, 3.8) is 0 Å². The number of amides is 1. The maximum absolute atomic E-state index is 12.5. The first kappa shape index (κ1) is 18.3. The van der Waals surface area contributed by atoms with Crippen molar-refractivity contribution in [1.29, 1.82) is 0 Å². The second-order valence-electron chi connectivity index (χ2n) is 6.89. The maximum atomic E-state index is 12.5. The zero-order valence-electron chi connectivity index (χ0n) is 15.8. The predicted molar refractivity (Wildman–Crippen MR) is 106 cm³/mol. The quantitative estimate of drug-likeness (QED) is 0.717. The minimum absolute atomic E-state index is 0.0667. The first-order chi connectivity index (χ1) is 13.7. The largest absolute Gasteiger partial charge is 0.497 e. The van der Waals surface area contributed by atoms with Crippen molar-refractivity contribution in [2.45, 2.75) is 19.0 Å². The van der Waals surface area contributed by atoms with Crippen LogP contribution in [0.15, 0.2) is 60.9 Å². The van der Waals surface area contributed by atoms with Crippen LogP contribution in [0.5, 0.6) is 5.75 Å². The van der Waals surface area contributed by atoms with Crippen LogP contribution in [0, 0.1) is 0 Å². The molecule has 2 aromatic carbocycles. The standard InChI is InChI=1S/C22H23N3O3/c1-27-21-7-5-16(6-8-21)13-25-14-19(12-23-25)17-3-2-4-18(11-17)22(26)24-20-9-10-28-15-20/h2-8,11-12,14,20H,9-10,13,15H2,1H3,(H,24,26). The third kappa shape index (κ3) is 4.23. The topological polar surface area (TPSA) is 65.4 Å². The number of rotatable bonds is 6. The molecule has 144 valence electrons. The Morgan fingerprint density at radius 3 is 2.86 bits per heavy atom. The molecule has 0 saturated carbocycles. The maximum Gasteiger partial charge on any atom is 0.251 e. The van der Waals surface area contributed by atoms with E-state index in [1.807, 2.05) is 65.6 Å². The van der Waals surface area contributed by atoms with Gasteiger partial charge in [0.15, 0.2) is 0 Å². The number of nitrogens with zero attached hydrogens (tertiary/aromatic N) is 2. The highest BCUT2D eigenvalue weighted by atomic mass is 16.5. The number of carbonyl (C=O) groups is 1. The number of benzene rings is 2. The number of methoxy groups -OCH3 is 1. The Bertz CT molecular complexity index is 944. The first-order valence-electron chi connectivity index (χ1n) is 9.36. The van der Waals surface area contributed by atoms with Crippen LogP contribution in [0.1, 0.15) is 22.3 Å². The van der Waals surface area contributed by atoms with Gasteiger partial charge in [0, 0.05) is 23.9 Å². The van der Waals surface area contributed by atoms with E-state index in [0.717, 1.165) is 28.9 Å². The van der Waals surface area contributed by atoms with E-state index < -0.39 is 0 Å². The highest BCUT2D eigenvalue weighted by Crippen LogP contribution is 2.21. The van der Waals surface area contributed by atoms with Crippen molar-refractivity contribution in [3.8, 4) is 16.9 Å². The van der Waals surface area contributed by atoms with Crippen molar-refractivity contribution >= 4 is 5.91 Å². The Balaban J connectivity index is 1.46. The Hall–Kier alpha value is -3.12. The molecule has 6 heteroatoms. The molecule has 1 aliphatic heterocycles. The fourth-order valence-corrected chi connectivity index (χ4v) is 3.27. The van der Waals surface area contributed by atoms with Gasteiger partial charge in [-0.15, -0.1) is 0 Å². The summed E-state index contributed by atoms with van der Waals surface area (Å²) in [6.07, 6.45) is 4.68. The van der Waals surface area contributed by atoms with Crippen LogP contribution in [0.4, 0.5) is 0 Å². The summed E-state index contributed by atoms with van der Waals surface area (Å²) >= 11 is 0. The molecule has 0 radical (unpaired) electrons. The second kappa shape index (κ2) is 8.27. The molecule has 1 saturated heterocycles. The van der Waals surface area contributed by atoms with Gasteiger partial charge in [-0.3, -0.25) is 9.48 Å². The minimum Gasteiger partial charge on any atom is -0.497 e. The van der Waals surface area contributed by atoms with E-state index in [4.69, 9.17) is 9.47 Å². The SMILES string of the molecule is COc1ccc(Cn2cc(-c3cccc(C(=O)NC4CCOC4)c3)cn2)cc1. The van der Waals surface area contributed by atoms with Gasteiger partial charge in [0.2, 0.25) is 0 Å². The number of hydrogen-bond acceptors (Lipinski definition) is 4. The zero-order valence-corrected chi connectivity index (χ0v) is 15.8. The van der Waals surface area contributed by atoms with E-state index in [2.05, 4.69) is 10.4 Å². The molecular weight excluding hydrogens is 354 g/mol. The van der Waals surface area contributed by atoms with Crippen LogP contribution in [0.3, 0.4) is 0 Å². The molecule has 1 amide bonds. The summed E-state index contributed by atoms with van der Waals surface area (Å²) in [7, 11) is 1.66. The molecule has 1 N–H and O–H groups in total. The van der Waals surface area contributed by atoms with Gasteiger partial charge in [-0.25, -0.2) is 0 Å². The molecule has 0 aliphatic carbocycles. The molecule has 0 spiro atoms. The Labute approximate surface area is 164 Å². The number of aromatic nitrogens is 2. The number of hydrogen-bond donors (Lipinski definition) is 1. The van der Waals surface area contributed by atoms with E-state index >= 15 is 0 Å². The van der Waals surface area contributed by atoms with Crippen LogP contribution in [-0.4, -0.2) is 42.1 Å². The highest BCUT2D eigenvalue weighted by molar-refractivity contribution is 5.95. The molecule has 1 unspecified atom stereocenters. The Morgan fingerprint density at radius 1 is 1.25 bits per heavy atom. The van der Waals surface area contributed by atoms with Gasteiger partial charge >= 0.3 is 0 Å². The molecular formula is C22H23N3O3. The summed E-state index contributed by atoms with van der Waals surface area (Å²) in [5, 5.41) is 7.48. The highest BCUT2D eigenvalue weighted by Gasteiger charge is 2.18. The van der Waals surface area contributed by atoms with Crippen molar-refractivity contribution in [3.05, 3.63) is 72.1 Å². The van der Waals surface area contributed by atoms with Crippen molar-refractivity contribution in [1.82, 2.24) is 15.1 Å². The van der Waals surface area contributed by atoms with Gasteiger partial charge in [0.1, 0.15) is 5.75 Å². The van der Waals surface area contributed by atoms with E-state index in [1.54, 1.807) is 7.11 Å². The fourth-order valence-electron chi connectivity index (χ4n) is 3.27.